The molecule has 2 aromatic rings. The fraction of sp³-hybridized carbons (Fsp3) is 0.154. The van der Waals surface area contributed by atoms with Gasteiger partial charge >= 0.3 is 0 Å². The molecule has 2 nitrogen and oxygen atoms in total. The van der Waals surface area contributed by atoms with E-state index in [4.69, 9.17) is 0 Å². The van der Waals surface area contributed by atoms with Gasteiger partial charge in [-0.3, -0.25) is 4.98 Å². The van der Waals surface area contributed by atoms with Gasteiger partial charge in [0.1, 0.15) is 0 Å². The zero-order valence-corrected chi connectivity index (χ0v) is 8.72. The third-order valence-electron chi connectivity index (χ3n) is 2.34. The number of pyridine rings is 1. The molecule has 1 atom stereocenters. The van der Waals surface area contributed by atoms with Gasteiger partial charge in [0.15, 0.2) is 0 Å². The smallest absolute Gasteiger partial charge is 0.0500 e. The van der Waals surface area contributed by atoms with Gasteiger partial charge in [-0.1, -0.05) is 24.3 Å². The summed E-state index contributed by atoms with van der Waals surface area (Å²) < 4.78 is 0. The number of rotatable bonds is 3. The first-order valence-corrected chi connectivity index (χ1v) is 5.08. The van der Waals surface area contributed by atoms with Gasteiger partial charge in [-0.25, -0.2) is 0 Å². The van der Waals surface area contributed by atoms with Gasteiger partial charge in [-0.15, -0.1) is 0 Å². The SMILES string of the molecule is C[C@@H](Nc1ccccc1)c1cccnc1. The average Bonchev–Trinajstić information content (AvgIpc) is 2.31. The summed E-state index contributed by atoms with van der Waals surface area (Å²) in [5.41, 5.74) is 2.33. The summed E-state index contributed by atoms with van der Waals surface area (Å²) in [5, 5.41) is 3.42. The molecule has 0 spiro atoms. The minimum atomic E-state index is 0.279. The third kappa shape index (κ3) is 2.56. The molecule has 1 aromatic carbocycles. The predicted octanol–water partition coefficient (Wildman–Crippen LogP) is 3.25. The summed E-state index contributed by atoms with van der Waals surface area (Å²) in [5.74, 6) is 0. The lowest BCUT2D eigenvalue weighted by Gasteiger charge is -2.14. The quantitative estimate of drug-likeness (QED) is 0.818. The summed E-state index contributed by atoms with van der Waals surface area (Å²) in [4.78, 5) is 4.11. The molecular weight excluding hydrogens is 184 g/mol. The van der Waals surface area contributed by atoms with E-state index in [9.17, 15) is 0 Å². The van der Waals surface area contributed by atoms with Crippen molar-refractivity contribution in [1.82, 2.24) is 4.98 Å². The standard InChI is InChI=1S/C13H14N2/c1-11(12-6-5-9-14-10-12)15-13-7-3-2-4-8-13/h2-11,15H,1H3/t11-/m1/s1. The van der Waals surface area contributed by atoms with E-state index < -0.39 is 0 Å². The summed E-state index contributed by atoms with van der Waals surface area (Å²) in [7, 11) is 0. The van der Waals surface area contributed by atoms with Gasteiger partial charge in [0, 0.05) is 18.1 Å². The molecule has 0 aliphatic rings. The monoisotopic (exact) mass is 198 g/mol. The van der Waals surface area contributed by atoms with Crippen LogP contribution in [-0.2, 0) is 0 Å². The zero-order chi connectivity index (χ0) is 10.5. The Labute approximate surface area is 90.0 Å². The Morgan fingerprint density at radius 2 is 1.87 bits per heavy atom. The molecule has 0 saturated carbocycles. The van der Waals surface area contributed by atoms with E-state index in [1.807, 2.05) is 30.5 Å². The van der Waals surface area contributed by atoms with Crippen LogP contribution in [0.3, 0.4) is 0 Å². The van der Waals surface area contributed by atoms with Crippen LogP contribution in [0.25, 0.3) is 0 Å². The molecule has 0 radical (unpaired) electrons. The molecule has 0 aliphatic carbocycles. The molecule has 0 amide bonds. The van der Waals surface area contributed by atoms with Gasteiger partial charge < -0.3 is 5.32 Å². The van der Waals surface area contributed by atoms with Crippen LogP contribution in [-0.4, -0.2) is 4.98 Å². The Hall–Kier alpha value is -1.83. The zero-order valence-electron chi connectivity index (χ0n) is 8.72. The average molecular weight is 198 g/mol. The number of nitrogens with one attached hydrogen (secondary N) is 1. The molecule has 1 heterocycles. The molecular formula is C13H14N2. The molecule has 15 heavy (non-hydrogen) atoms. The second-order valence-electron chi connectivity index (χ2n) is 3.52. The van der Waals surface area contributed by atoms with Gasteiger partial charge in [0.2, 0.25) is 0 Å². The minimum absolute atomic E-state index is 0.279. The van der Waals surface area contributed by atoms with Crippen molar-refractivity contribution in [3.63, 3.8) is 0 Å². The Balaban J connectivity index is 2.08. The highest BCUT2D eigenvalue weighted by molar-refractivity contribution is 5.44. The number of nitrogens with zero attached hydrogens (tertiary/aromatic N) is 1. The minimum Gasteiger partial charge on any atom is -0.378 e. The second-order valence-corrected chi connectivity index (χ2v) is 3.52. The van der Waals surface area contributed by atoms with E-state index >= 15 is 0 Å². The van der Waals surface area contributed by atoms with Crippen molar-refractivity contribution in [2.24, 2.45) is 0 Å². The topological polar surface area (TPSA) is 24.9 Å². The molecule has 1 aromatic heterocycles. The normalized spacial score (nSPS) is 12.1. The van der Waals surface area contributed by atoms with Crippen molar-refractivity contribution in [2.45, 2.75) is 13.0 Å². The van der Waals surface area contributed by atoms with Crippen LogP contribution in [0.5, 0.6) is 0 Å². The third-order valence-corrected chi connectivity index (χ3v) is 2.34. The van der Waals surface area contributed by atoms with Crippen LogP contribution in [0, 0.1) is 0 Å². The van der Waals surface area contributed by atoms with Crippen molar-refractivity contribution < 1.29 is 0 Å². The Bertz CT molecular complexity index is 397. The second kappa shape index (κ2) is 4.60. The predicted molar refractivity (Wildman–Crippen MR) is 62.7 cm³/mol. The molecule has 2 rings (SSSR count). The number of hydrogen-bond acceptors (Lipinski definition) is 2. The lowest BCUT2D eigenvalue weighted by atomic mass is 10.1. The Morgan fingerprint density at radius 1 is 1.07 bits per heavy atom. The van der Waals surface area contributed by atoms with E-state index in [0.717, 1.165) is 5.69 Å². The van der Waals surface area contributed by atoms with E-state index in [1.54, 1.807) is 6.20 Å². The lowest BCUT2D eigenvalue weighted by molar-refractivity contribution is 0.876. The van der Waals surface area contributed by atoms with Crippen LogP contribution >= 0.6 is 0 Å². The Morgan fingerprint density at radius 3 is 2.53 bits per heavy atom. The number of aromatic nitrogens is 1. The van der Waals surface area contributed by atoms with Gasteiger partial charge in [0.25, 0.3) is 0 Å². The maximum absolute atomic E-state index is 4.11. The largest absolute Gasteiger partial charge is 0.378 e. The van der Waals surface area contributed by atoms with Crippen LogP contribution in [0.4, 0.5) is 5.69 Å². The first-order chi connectivity index (χ1) is 7.36. The Kier molecular flexibility index (Phi) is 2.98. The molecule has 1 N–H and O–H groups in total. The molecule has 0 saturated heterocycles. The van der Waals surface area contributed by atoms with Crippen molar-refractivity contribution in [2.75, 3.05) is 5.32 Å². The summed E-state index contributed by atoms with van der Waals surface area (Å²) in [6, 6.07) is 14.5. The fourth-order valence-electron chi connectivity index (χ4n) is 1.50. The summed E-state index contributed by atoms with van der Waals surface area (Å²) in [6.45, 7) is 2.13. The number of benzene rings is 1. The highest BCUT2D eigenvalue weighted by Gasteiger charge is 2.03. The van der Waals surface area contributed by atoms with Crippen LogP contribution < -0.4 is 5.32 Å². The van der Waals surface area contributed by atoms with Crippen molar-refractivity contribution in [3.8, 4) is 0 Å². The first-order valence-electron chi connectivity index (χ1n) is 5.08. The number of para-hydroxylation sites is 1. The highest BCUT2D eigenvalue weighted by Crippen LogP contribution is 2.17. The molecule has 2 heteroatoms. The summed E-state index contributed by atoms with van der Waals surface area (Å²) >= 11 is 0. The van der Waals surface area contributed by atoms with Crippen LogP contribution in [0.1, 0.15) is 18.5 Å². The van der Waals surface area contributed by atoms with Crippen LogP contribution in [0.15, 0.2) is 54.9 Å². The molecule has 0 bridgehead atoms. The molecule has 0 unspecified atom stereocenters. The van der Waals surface area contributed by atoms with Crippen molar-refractivity contribution in [1.29, 1.82) is 0 Å². The van der Waals surface area contributed by atoms with Crippen molar-refractivity contribution in [3.05, 3.63) is 60.4 Å². The lowest BCUT2D eigenvalue weighted by Crippen LogP contribution is -2.06. The van der Waals surface area contributed by atoms with Gasteiger partial charge in [-0.2, -0.15) is 0 Å². The van der Waals surface area contributed by atoms with Gasteiger partial charge in [0.05, 0.1) is 6.04 Å². The van der Waals surface area contributed by atoms with E-state index in [1.165, 1.54) is 5.56 Å². The van der Waals surface area contributed by atoms with E-state index in [2.05, 4.69) is 35.4 Å². The molecule has 0 fully saturated rings. The maximum Gasteiger partial charge on any atom is 0.0500 e. The molecule has 76 valence electrons. The molecule has 0 aliphatic heterocycles. The highest BCUT2D eigenvalue weighted by atomic mass is 14.9. The number of hydrogen-bond donors (Lipinski definition) is 1. The van der Waals surface area contributed by atoms with E-state index in [-0.39, 0.29) is 6.04 Å². The van der Waals surface area contributed by atoms with Crippen LogP contribution in [0.2, 0.25) is 0 Å². The fourth-order valence-corrected chi connectivity index (χ4v) is 1.50. The maximum atomic E-state index is 4.11. The summed E-state index contributed by atoms with van der Waals surface area (Å²) in [6.07, 6.45) is 3.68. The first kappa shape index (κ1) is 9.71. The van der Waals surface area contributed by atoms with Gasteiger partial charge in [-0.05, 0) is 30.7 Å². The number of anilines is 1. The van der Waals surface area contributed by atoms with E-state index in [0.29, 0.717) is 0 Å². The van der Waals surface area contributed by atoms with Crippen molar-refractivity contribution >= 4 is 5.69 Å².